The average molecular weight is 413 g/mol. The van der Waals surface area contributed by atoms with Crippen molar-refractivity contribution in [1.29, 1.82) is 0 Å². The Bertz CT molecular complexity index is 1080. The lowest BCUT2D eigenvalue weighted by atomic mass is 10.0. The number of nitrogens with one attached hydrogen (secondary N) is 1. The largest absolute Gasteiger partial charge is 0.505 e. The van der Waals surface area contributed by atoms with Gasteiger partial charge in [-0.05, 0) is 30.7 Å². The molecule has 0 fully saturated rings. The number of carbonyl (C=O) groups excluding carboxylic acids is 1. The average Bonchev–Trinajstić information content (AvgIpc) is 2.61. The third-order valence-corrected chi connectivity index (χ3v) is 4.54. The number of nitrogens with zero attached hydrogens (tertiary/aromatic N) is 1. The number of pyridine rings is 1. The van der Waals surface area contributed by atoms with E-state index in [4.69, 9.17) is 11.6 Å². The van der Waals surface area contributed by atoms with E-state index in [-0.39, 0.29) is 28.3 Å². The first-order valence-electron chi connectivity index (χ1n) is 8.01. The summed E-state index contributed by atoms with van der Waals surface area (Å²) in [6, 6.07) is 6.88. The van der Waals surface area contributed by atoms with Gasteiger partial charge in [0.25, 0.3) is 5.91 Å². The number of hydrogen-bond donors (Lipinski definition) is 2. The highest BCUT2D eigenvalue weighted by atomic mass is 35.5. The number of fused-ring (bicyclic) bond motifs is 1. The van der Waals surface area contributed by atoms with Gasteiger partial charge in [0.1, 0.15) is 5.15 Å². The van der Waals surface area contributed by atoms with Gasteiger partial charge in [-0.15, -0.1) is 0 Å². The van der Waals surface area contributed by atoms with Crippen molar-refractivity contribution in [3.8, 4) is 5.75 Å². The molecule has 2 aromatic carbocycles. The number of para-hydroxylation sites is 1. The number of benzene rings is 2. The fraction of sp³-hybridized carbons (Fsp3) is 0.158. The van der Waals surface area contributed by atoms with Crippen LogP contribution in [0, 0.1) is 12.7 Å². The molecule has 2 N–H and O–H groups in total. The van der Waals surface area contributed by atoms with E-state index in [0.29, 0.717) is 10.9 Å². The highest BCUT2D eigenvalue weighted by molar-refractivity contribution is 6.33. The van der Waals surface area contributed by atoms with Crippen LogP contribution < -0.4 is 5.32 Å². The van der Waals surface area contributed by atoms with Gasteiger partial charge in [-0.2, -0.15) is 13.2 Å². The molecule has 0 aliphatic carbocycles. The van der Waals surface area contributed by atoms with E-state index < -0.39 is 29.2 Å². The van der Waals surface area contributed by atoms with Crippen LogP contribution in [0.3, 0.4) is 0 Å². The van der Waals surface area contributed by atoms with Crippen LogP contribution in [0.15, 0.2) is 36.4 Å². The summed E-state index contributed by atoms with van der Waals surface area (Å²) >= 11 is 6.05. The Morgan fingerprint density at radius 2 is 1.96 bits per heavy atom. The van der Waals surface area contributed by atoms with Crippen molar-refractivity contribution in [3.63, 3.8) is 0 Å². The van der Waals surface area contributed by atoms with Gasteiger partial charge >= 0.3 is 6.18 Å². The maximum Gasteiger partial charge on any atom is 0.416 e. The highest BCUT2D eigenvalue weighted by Gasteiger charge is 2.31. The van der Waals surface area contributed by atoms with Crippen LogP contribution in [0.1, 0.15) is 27.0 Å². The SMILES string of the molecule is Cc1c(C(=O)NCc2cccc(F)c2O)c(Cl)nc2cc(C(F)(F)F)ccc12. The molecule has 0 bridgehead atoms. The minimum absolute atomic E-state index is 0.00943. The van der Waals surface area contributed by atoms with E-state index in [1.165, 1.54) is 25.1 Å². The predicted molar refractivity (Wildman–Crippen MR) is 95.7 cm³/mol. The summed E-state index contributed by atoms with van der Waals surface area (Å²) in [5.41, 5.74) is -0.362. The standard InChI is InChI=1S/C19H13ClF4N2O2/c1-9-12-6-5-11(19(22,23)24)7-14(12)26-17(20)15(9)18(28)25-8-10-3-2-4-13(21)16(10)27/h2-7,27H,8H2,1H3,(H,25,28). The number of hydrogen-bond acceptors (Lipinski definition) is 3. The van der Waals surface area contributed by atoms with Crippen molar-refractivity contribution in [1.82, 2.24) is 10.3 Å². The lowest BCUT2D eigenvalue weighted by Gasteiger charge is -2.14. The molecule has 4 nitrogen and oxygen atoms in total. The van der Waals surface area contributed by atoms with E-state index in [1.54, 1.807) is 0 Å². The fourth-order valence-corrected chi connectivity index (χ4v) is 3.12. The predicted octanol–water partition coefficient (Wildman–Crippen LogP) is 4.99. The third-order valence-electron chi connectivity index (χ3n) is 4.27. The summed E-state index contributed by atoms with van der Waals surface area (Å²) in [6.45, 7) is 1.36. The van der Waals surface area contributed by atoms with E-state index in [1.807, 2.05) is 0 Å². The number of aryl methyl sites for hydroxylation is 1. The third kappa shape index (κ3) is 3.73. The summed E-state index contributed by atoms with van der Waals surface area (Å²) in [5, 5.41) is 12.2. The van der Waals surface area contributed by atoms with Crippen molar-refractivity contribution >= 4 is 28.4 Å². The summed E-state index contributed by atoms with van der Waals surface area (Å²) in [6.07, 6.45) is -4.53. The van der Waals surface area contributed by atoms with Crippen molar-refractivity contribution in [3.05, 3.63) is 69.6 Å². The Morgan fingerprint density at radius 3 is 2.64 bits per heavy atom. The molecule has 3 aromatic rings. The van der Waals surface area contributed by atoms with Crippen LogP contribution in [-0.2, 0) is 12.7 Å². The first-order valence-corrected chi connectivity index (χ1v) is 8.39. The molecule has 0 saturated carbocycles. The van der Waals surface area contributed by atoms with Crippen molar-refractivity contribution in [2.45, 2.75) is 19.6 Å². The Morgan fingerprint density at radius 1 is 1.25 bits per heavy atom. The highest BCUT2D eigenvalue weighted by Crippen LogP contribution is 2.33. The first kappa shape index (κ1) is 19.9. The minimum Gasteiger partial charge on any atom is -0.505 e. The van der Waals surface area contributed by atoms with Gasteiger partial charge in [-0.3, -0.25) is 4.79 Å². The Labute approximate surface area is 161 Å². The number of aromatic nitrogens is 1. The summed E-state index contributed by atoms with van der Waals surface area (Å²) in [7, 11) is 0. The molecule has 9 heteroatoms. The molecule has 0 aliphatic rings. The van der Waals surface area contributed by atoms with E-state index in [9.17, 15) is 27.5 Å². The van der Waals surface area contributed by atoms with Crippen LogP contribution in [0.5, 0.6) is 5.75 Å². The topological polar surface area (TPSA) is 62.2 Å². The smallest absolute Gasteiger partial charge is 0.416 e. The van der Waals surface area contributed by atoms with Crippen LogP contribution in [-0.4, -0.2) is 16.0 Å². The van der Waals surface area contributed by atoms with E-state index >= 15 is 0 Å². The van der Waals surface area contributed by atoms with Crippen molar-refractivity contribution in [2.75, 3.05) is 0 Å². The second kappa shape index (κ2) is 7.27. The maximum atomic E-state index is 13.4. The molecule has 28 heavy (non-hydrogen) atoms. The van der Waals surface area contributed by atoms with Crippen LogP contribution in [0.4, 0.5) is 17.6 Å². The van der Waals surface area contributed by atoms with E-state index in [2.05, 4.69) is 10.3 Å². The number of alkyl halides is 3. The van der Waals surface area contributed by atoms with Crippen LogP contribution >= 0.6 is 11.6 Å². The molecule has 146 valence electrons. The van der Waals surface area contributed by atoms with Gasteiger partial charge in [-0.1, -0.05) is 29.8 Å². The number of phenolic OH excluding ortho intramolecular Hbond substituents is 1. The Hall–Kier alpha value is -2.87. The van der Waals surface area contributed by atoms with Crippen molar-refractivity contribution < 1.29 is 27.5 Å². The second-order valence-electron chi connectivity index (χ2n) is 6.06. The molecule has 1 amide bonds. The normalized spacial score (nSPS) is 11.6. The molecule has 0 radical (unpaired) electrons. The number of rotatable bonds is 3. The quantitative estimate of drug-likeness (QED) is 0.470. The number of carbonyl (C=O) groups is 1. The molecule has 0 spiro atoms. The van der Waals surface area contributed by atoms with Gasteiger partial charge in [0.05, 0.1) is 16.6 Å². The number of phenols is 1. The van der Waals surface area contributed by atoms with Crippen LogP contribution in [0.25, 0.3) is 10.9 Å². The molecule has 3 rings (SSSR count). The number of halogens is 5. The lowest BCUT2D eigenvalue weighted by Crippen LogP contribution is -2.24. The molecule has 0 aliphatic heterocycles. The van der Waals surface area contributed by atoms with Gasteiger partial charge in [0.2, 0.25) is 0 Å². The number of aromatic hydroxyl groups is 1. The Balaban J connectivity index is 1.94. The summed E-state index contributed by atoms with van der Waals surface area (Å²) < 4.78 is 52.0. The fourth-order valence-electron chi connectivity index (χ4n) is 2.80. The van der Waals surface area contributed by atoms with Gasteiger partial charge < -0.3 is 10.4 Å². The zero-order valence-corrected chi connectivity index (χ0v) is 15.1. The zero-order valence-electron chi connectivity index (χ0n) is 14.4. The van der Waals surface area contributed by atoms with Crippen molar-refractivity contribution in [2.24, 2.45) is 0 Å². The molecular weight excluding hydrogens is 400 g/mol. The number of amides is 1. The molecule has 1 heterocycles. The van der Waals surface area contributed by atoms with Gasteiger partial charge in [0, 0.05) is 17.5 Å². The molecule has 0 atom stereocenters. The summed E-state index contributed by atoms with van der Waals surface area (Å²) in [5.74, 6) is -2.06. The summed E-state index contributed by atoms with van der Waals surface area (Å²) in [4.78, 5) is 16.4. The molecular formula is C19H13ClF4N2O2. The monoisotopic (exact) mass is 412 g/mol. The Kier molecular flexibility index (Phi) is 5.16. The minimum atomic E-state index is -4.53. The molecule has 0 saturated heterocycles. The van der Waals surface area contributed by atoms with Crippen LogP contribution in [0.2, 0.25) is 5.15 Å². The second-order valence-corrected chi connectivity index (χ2v) is 6.42. The van der Waals surface area contributed by atoms with Gasteiger partial charge in [0.15, 0.2) is 11.6 Å². The lowest BCUT2D eigenvalue weighted by molar-refractivity contribution is -0.137. The maximum absolute atomic E-state index is 13.4. The molecule has 0 unspecified atom stereocenters. The van der Waals surface area contributed by atoms with Gasteiger partial charge in [-0.25, -0.2) is 9.37 Å². The first-order chi connectivity index (χ1) is 13.1. The van der Waals surface area contributed by atoms with E-state index in [0.717, 1.165) is 18.2 Å². The molecule has 1 aromatic heterocycles. The zero-order chi connectivity index (χ0) is 20.6.